The largest absolute Gasteiger partial charge is 0.463 e. The number of carbonyl (C=O) groups excluding carboxylic acids is 1. The molecule has 0 unspecified atom stereocenters. The zero-order valence-electron chi connectivity index (χ0n) is 17.3. The number of ether oxygens (including phenoxy) is 1. The highest BCUT2D eigenvalue weighted by molar-refractivity contribution is 7.07. The second-order valence-corrected chi connectivity index (χ2v) is 8.05. The number of hydrogen-bond donors (Lipinski definition) is 0. The monoisotopic (exact) mass is 449 g/mol. The van der Waals surface area contributed by atoms with Crippen molar-refractivity contribution in [2.24, 2.45) is 4.99 Å². The normalized spacial score (nSPS) is 15.8. The van der Waals surface area contributed by atoms with Gasteiger partial charge in [0.15, 0.2) is 4.80 Å². The van der Waals surface area contributed by atoms with Gasteiger partial charge in [-0.05, 0) is 43.2 Å². The van der Waals surface area contributed by atoms with Crippen molar-refractivity contribution in [3.8, 4) is 0 Å². The van der Waals surface area contributed by atoms with E-state index in [4.69, 9.17) is 4.74 Å². The molecule has 0 saturated heterocycles. The number of rotatable bonds is 5. The lowest BCUT2D eigenvalue weighted by Gasteiger charge is -2.22. The molecule has 0 radical (unpaired) electrons. The molecule has 8 nitrogen and oxygen atoms in total. The zero-order valence-corrected chi connectivity index (χ0v) is 18.2. The Balaban J connectivity index is 1.92. The lowest BCUT2D eigenvalue weighted by molar-refractivity contribution is -0.384. The third-order valence-electron chi connectivity index (χ3n) is 5.06. The van der Waals surface area contributed by atoms with E-state index in [1.165, 1.54) is 28.0 Å². The number of hydrogen-bond acceptors (Lipinski definition) is 7. The summed E-state index contributed by atoms with van der Waals surface area (Å²) in [6.45, 7) is 3.55. The Morgan fingerprint density at radius 1 is 1.22 bits per heavy atom. The summed E-state index contributed by atoms with van der Waals surface area (Å²) in [5, 5.41) is 11.0. The van der Waals surface area contributed by atoms with E-state index in [9.17, 15) is 19.7 Å². The highest BCUT2D eigenvalue weighted by atomic mass is 32.1. The van der Waals surface area contributed by atoms with Gasteiger partial charge >= 0.3 is 5.97 Å². The Morgan fingerprint density at radius 3 is 2.53 bits per heavy atom. The van der Waals surface area contributed by atoms with Gasteiger partial charge in [0.1, 0.15) is 6.04 Å². The summed E-state index contributed by atoms with van der Waals surface area (Å²) in [6, 6.07) is 14.6. The van der Waals surface area contributed by atoms with Crippen LogP contribution in [0.15, 0.2) is 70.0 Å². The molecule has 2 heterocycles. The predicted octanol–water partition coefficient (Wildman–Crippen LogP) is 2.82. The summed E-state index contributed by atoms with van der Waals surface area (Å²) in [5.74, 6) is -0.575. The van der Waals surface area contributed by atoms with E-state index in [-0.39, 0.29) is 23.4 Å². The summed E-state index contributed by atoms with van der Waals surface area (Å²) in [6.07, 6.45) is 1.78. The molecule has 0 aliphatic carbocycles. The number of fused-ring (bicyclic) bond motifs is 1. The topological polar surface area (TPSA) is 104 Å². The van der Waals surface area contributed by atoms with Crippen LogP contribution in [-0.2, 0) is 9.53 Å². The Kier molecular flexibility index (Phi) is 5.83. The summed E-state index contributed by atoms with van der Waals surface area (Å²) in [4.78, 5) is 41.6. The minimum absolute atomic E-state index is 0.0595. The maximum atomic E-state index is 13.1. The molecule has 2 aromatic carbocycles. The number of allylic oxidation sites excluding steroid dienone is 1. The molecule has 3 aromatic rings. The fraction of sp³-hybridized carbons (Fsp3) is 0.174. The first kappa shape index (κ1) is 21.4. The molecule has 162 valence electrons. The lowest BCUT2D eigenvalue weighted by atomic mass is 9.96. The van der Waals surface area contributed by atoms with Crippen molar-refractivity contribution in [1.82, 2.24) is 4.57 Å². The van der Waals surface area contributed by atoms with Crippen LogP contribution in [0, 0.1) is 10.1 Å². The van der Waals surface area contributed by atoms with Crippen LogP contribution in [0.4, 0.5) is 5.69 Å². The Bertz CT molecular complexity index is 1400. The van der Waals surface area contributed by atoms with Crippen LogP contribution in [-0.4, -0.2) is 22.1 Å². The molecule has 0 spiro atoms. The number of aromatic nitrogens is 1. The molecule has 1 aliphatic rings. The molecule has 1 aliphatic heterocycles. The summed E-state index contributed by atoms with van der Waals surface area (Å²) >= 11 is 1.23. The number of nitro benzene ring substituents is 1. The maximum absolute atomic E-state index is 13.1. The van der Waals surface area contributed by atoms with Crippen LogP contribution < -0.4 is 14.9 Å². The van der Waals surface area contributed by atoms with Crippen molar-refractivity contribution < 1.29 is 14.5 Å². The van der Waals surface area contributed by atoms with Crippen LogP contribution in [0.3, 0.4) is 0 Å². The highest BCUT2D eigenvalue weighted by Crippen LogP contribution is 2.33. The summed E-state index contributed by atoms with van der Waals surface area (Å²) in [5.41, 5.74) is 1.82. The predicted molar refractivity (Wildman–Crippen MR) is 121 cm³/mol. The zero-order chi connectivity index (χ0) is 22.8. The molecule has 9 heteroatoms. The van der Waals surface area contributed by atoms with Gasteiger partial charge in [-0.2, -0.15) is 0 Å². The number of non-ortho nitro benzene ring substituents is 1. The average Bonchev–Trinajstić information content (AvgIpc) is 3.09. The third kappa shape index (κ3) is 3.90. The Hall–Kier alpha value is -3.85. The summed E-state index contributed by atoms with van der Waals surface area (Å²) < 4.78 is 7.15. The first-order valence-corrected chi connectivity index (χ1v) is 10.7. The first-order valence-electron chi connectivity index (χ1n) is 9.89. The number of benzene rings is 2. The fourth-order valence-electron chi connectivity index (χ4n) is 3.54. The molecule has 0 amide bonds. The number of nitrogens with zero attached hydrogens (tertiary/aromatic N) is 3. The van der Waals surface area contributed by atoms with Gasteiger partial charge in [-0.15, -0.1) is 0 Å². The van der Waals surface area contributed by atoms with E-state index in [0.29, 0.717) is 20.6 Å². The molecule has 0 fully saturated rings. The van der Waals surface area contributed by atoms with Crippen molar-refractivity contribution in [1.29, 1.82) is 0 Å². The van der Waals surface area contributed by atoms with E-state index in [0.717, 1.165) is 5.56 Å². The maximum Gasteiger partial charge on any atom is 0.338 e. The van der Waals surface area contributed by atoms with Crippen molar-refractivity contribution in [2.45, 2.75) is 19.9 Å². The van der Waals surface area contributed by atoms with E-state index in [1.807, 2.05) is 30.3 Å². The number of thiazole rings is 1. The number of carbonyl (C=O) groups is 1. The molecule has 0 N–H and O–H groups in total. The van der Waals surface area contributed by atoms with Crippen LogP contribution >= 0.6 is 11.3 Å². The van der Waals surface area contributed by atoms with Gasteiger partial charge in [0, 0.05) is 17.8 Å². The van der Waals surface area contributed by atoms with Gasteiger partial charge in [0.2, 0.25) is 0 Å². The minimum Gasteiger partial charge on any atom is -0.463 e. The van der Waals surface area contributed by atoms with Gasteiger partial charge in [0.25, 0.3) is 11.2 Å². The lowest BCUT2D eigenvalue weighted by Crippen LogP contribution is -2.35. The van der Waals surface area contributed by atoms with Crippen molar-refractivity contribution in [3.63, 3.8) is 0 Å². The van der Waals surface area contributed by atoms with Gasteiger partial charge in [-0.25, -0.2) is 9.79 Å². The third-order valence-corrected chi connectivity index (χ3v) is 6.04. The van der Waals surface area contributed by atoms with Gasteiger partial charge < -0.3 is 4.74 Å². The molecule has 1 atom stereocenters. The molecular formula is C23H19N3O5S. The second kappa shape index (κ2) is 8.72. The van der Waals surface area contributed by atoms with Crippen molar-refractivity contribution in [2.75, 3.05) is 6.61 Å². The summed E-state index contributed by atoms with van der Waals surface area (Å²) in [7, 11) is 0. The number of nitro groups is 1. The molecule has 1 aromatic heterocycles. The minimum atomic E-state index is -0.738. The van der Waals surface area contributed by atoms with Gasteiger partial charge in [-0.1, -0.05) is 41.7 Å². The van der Waals surface area contributed by atoms with Crippen molar-refractivity contribution in [3.05, 3.63) is 101 Å². The second-order valence-electron chi connectivity index (χ2n) is 7.04. The fourth-order valence-corrected chi connectivity index (χ4v) is 4.58. The molecular weight excluding hydrogens is 430 g/mol. The Morgan fingerprint density at radius 2 is 1.91 bits per heavy atom. The smallest absolute Gasteiger partial charge is 0.338 e. The van der Waals surface area contributed by atoms with E-state index in [1.54, 1.807) is 32.1 Å². The van der Waals surface area contributed by atoms with Gasteiger partial charge in [0.05, 0.1) is 21.6 Å². The average molecular weight is 449 g/mol. The quantitative estimate of drug-likeness (QED) is 0.338. The first-order chi connectivity index (χ1) is 15.4. The van der Waals surface area contributed by atoms with Crippen LogP contribution in [0.25, 0.3) is 11.8 Å². The van der Waals surface area contributed by atoms with Crippen LogP contribution in [0.2, 0.25) is 0 Å². The number of esters is 1. The van der Waals surface area contributed by atoms with E-state index < -0.39 is 16.9 Å². The molecule has 32 heavy (non-hydrogen) atoms. The molecule has 0 saturated carbocycles. The highest BCUT2D eigenvalue weighted by Gasteiger charge is 2.31. The van der Waals surface area contributed by atoms with Gasteiger partial charge in [-0.3, -0.25) is 19.5 Å². The van der Waals surface area contributed by atoms with Crippen LogP contribution in [0.5, 0.6) is 0 Å². The Labute approximate surface area is 186 Å². The van der Waals surface area contributed by atoms with Crippen LogP contribution in [0.1, 0.15) is 31.0 Å². The molecule has 4 rings (SSSR count). The van der Waals surface area contributed by atoms with E-state index >= 15 is 0 Å². The standard InChI is InChI=1S/C23H19N3O5S/c1-3-31-22(28)19-14(2)25-21(27)18(13-15-7-5-4-6-8-15)32-23(25)24-20(19)16-9-11-17(12-10-16)26(29)30/h4-13,20H,3H2,1-2H3/b18-13-/t20-/m1/s1. The van der Waals surface area contributed by atoms with Crippen molar-refractivity contribution >= 4 is 34.8 Å². The SMILES string of the molecule is CCOC(=O)C1=C(C)n2c(s/c(=C\c3ccccc3)c2=O)=N[C@@H]1c1ccc([N+](=O)[O-])cc1. The van der Waals surface area contributed by atoms with E-state index in [2.05, 4.69) is 4.99 Å². The molecule has 0 bridgehead atoms.